The van der Waals surface area contributed by atoms with Gasteiger partial charge in [0, 0.05) is 72.2 Å². The van der Waals surface area contributed by atoms with Gasteiger partial charge < -0.3 is 18.9 Å². The highest BCUT2D eigenvalue weighted by atomic mass is 15.2. The third kappa shape index (κ3) is 9.98. The van der Waals surface area contributed by atoms with E-state index >= 15 is 0 Å². The molecule has 0 aliphatic carbocycles. The first kappa shape index (κ1) is 46.6. The number of para-hydroxylation sites is 6. The largest absolute Gasteiger partial charge is 0.310 e. The predicted octanol–water partition coefficient (Wildman–Crippen LogP) is 27.1. The van der Waals surface area contributed by atoms with Gasteiger partial charge in [0.1, 0.15) is 0 Å². The smallest absolute Gasteiger partial charge is 0.252 e. The van der Waals surface area contributed by atoms with Gasteiger partial charge >= 0.3 is 0 Å². The zero-order valence-electron chi connectivity index (χ0n) is 81.1. The Morgan fingerprint density at radius 2 is 0.558 bits per heavy atom. The summed E-state index contributed by atoms with van der Waals surface area (Å²) in [7, 11) is 0. The lowest BCUT2D eigenvalue weighted by molar-refractivity contribution is 1.15. The first-order chi connectivity index (χ1) is 64.9. The third-order valence-electron chi connectivity index (χ3n) is 22.7. The second kappa shape index (κ2) is 26.0. The molecular formula is C108H69BN4. The highest BCUT2D eigenvalue weighted by Crippen LogP contribution is 2.56. The lowest BCUT2D eigenvalue weighted by atomic mass is 9.33. The number of fused-ring (bicyclic) bond motifs is 13. The Hall–Kier alpha value is -14.8. The molecule has 524 valence electrons. The molecular weight excluding hydrogens is 1360 g/mol. The molecule has 19 aromatic carbocycles. The van der Waals surface area contributed by atoms with Gasteiger partial charge in [0.25, 0.3) is 6.71 Å². The molecule has 0 fully saturated rings. The Balaban J connectivity index is 0.914. The number of hydrogen-bond acceptors (Lipinski definition) is 2. The number of rotatable bonds is 11. The van der Waals surface area contributed by atoms with E-state index in [0.717, 1.165) is 88.0 Å². The molecule has 0 atom stereocenters. The summed E-state index contributed by atoms with van der Waals surface area (Å²) in [6, 6.07) is 84.9. The Morgan fingerprint density at radius 3 is 1.00 bits per heavy atom. The second-order valence-corrected chi connectivity index (χ2v) is 28.5. The van der Waals surface area contributed by atoms with Crippen LogP contribution in [-0.2, 0) is 0 Å². The van der Waals surface area contributed by atoms with Crippen molar-refractivity contribution in [1.29, 1.82) is 0 Å². The molecule has 0 saturated carbocycles. The summed E-state index contributed by atoms with van der Waals surface area (Å²) >= 11 is 0. The van der Waals surface area contributed by atoms with Crippen molar-refractivity contribution in [3.8, 4) is 89.3 Å². The van der Waals surface area contributed by atoms with E-state index in [1.54, 1.807) is 4.57 Å². The van der Waals surface area contributed by atoms with Crippen molar-refractivity contribution in [3.05, 3.63) is 418 Å². The van der Waals surface area contributed by atoms with Crippen LogP contribution in [-0.4, -0.2) is 15.8 Å². The normalized spacial score (nSPS) is 15.0. The standard InChI is InChI=1S/C108H69BN4/c1-6-32-70(33-7-1)78-62-63-93(84-43-17-16-42-83(78)84)105-91-50-20-18-48-89(91)104(90-49-19-21-51-92(90)105)75-60-64-94-100(66-75)112(107-79(71-34-8-2-9-35-71)52-30-53-80(107)72-36-10-3-11-37-72)102-68-77(111-98-58-28-24-46-87(98)88-47-25-29-59-99(88)111)69-103-106(102)109(94)95-65-61-76(110-96-56-26-22-44-85(96)86-45-23-27-57-97(86)110)67-101(95)113(103)108-81(73-38-12-4-13-39-73)54-31-55-82(108)74-40-14-5-15-41-74/h1-69H/i1D,6D,7D,22D,23D,24D,25D,26D,27D,28D,29D,32D,33D,44D,45D,46D,47D,56D,57D,58D,59D. The van der Waals surface area contributed by atoms with Crippen molar-refractivity contribution in [2.75, 3.05) is 9.80 Å². The van der Waals surface area contributed by atoms with Crippen LogP contribution in [0.25, 0.3) is 165 Å². The zero-order chi connectivity index (χ0) is 92.5. The van der Waals surface area contributed by atoms with E-state index in [4.69, 9.17) is 6.85 Å². The fraction of sp³-hybridized carbons (Fsp3) is 0. The van der Waals surface area contributed by atoms with Crippen LogP contribution in [0, 0.1) is 0 Å². The maximum atomic E-state index is 10.3. The van der Waals surface area contributed by atoms with Gasteiger partial charge in [-0.2, -0.15) is 0 Å². The monoisotopic (exact) mass is 1450 g/mol. The van der Waals surface area contributed by atoms with E-state index in [1.165, 1.54) is 4.57 Å². The summed E-state index contributed by atoms with van der Waals surface area (Å²) in [5, 5.41) is 4.26. The van der Waals surface area contributed by atoms with Crippen molar-refractivity contribution in [2.24, 2.45) is 0 Å². The minimum absolute atomic E-state index is 0.0752. The lowest BCUT2D eigenvalue weighted by Crippen LogP contribution is -2.61. The average molecular weight is 1450 g/mol. The summed E-state index contributed by atoms with van der Waals surface area (Å²) < 4.78 is 203. The molecule has 23 rings (SSSR count). The average Bonchev–Trinajstić information content (AvgIpc) is 1.33. The van der Waals surface area contributed by atoms with Crippen LogP contribution in [0.5, 0.6) is 0 Å². The van der Waals surface area contributed by atoms with E-state index in [0.29, 0.717) is 67.1 Å². The lowest BCUT2D eigenvalue weighted by Gasteiger charge is -2.46. The summed E-state index contributed by atoms with van der Waals surface area (Å²) in [6.45, 7) is -0.891. The quantitative estimate of drug-likeness (QED) is 0.0948. The third-order valence-corrected chi connectivity index (χ3v) is 22.7. The molecule has 0 amide bonds. The van der Waals surface area contributed by atoms with Crippen LogP contribution in [0.4, 0.5) is 34.1 Å². The van der Waals surface area contributed by atoms with Crippen molar-refractivity contribution in [3.63, 3.8) is 0 Å². The van der Waals surface area contributed by atoms with Crippen molar-refractivity contribution in [2.45, 2.75) is 0 Å². The molecule has 4 nitrogen and oxygen atoms in total. The molecule has 0 N–H and O–H groups in total. The second-order valence-electron chi connectivity index (χ2n) is 28.5. The highest BCUT2D eigenvalue weighted by Gasteiger charge is 2.46. The molecule has 0 radical (unpaired) electrons. The van der Waals surface area contributed by atoms with Crippen molar-refractivity contribution in [1.82, 2.24) is 9.13 Å². The zero-order valence-corrected chi connectivity index (χ0v) is 60.1. The number of aromatic nitrogens is 2. The van der Waals surface area contributed by atoms with E-state index in [2.05, 4.69) is 88.7 Å². The number of hydrogen-bond donors (Lipinski definition) is 0. The summed E-state index contributed by atoms with van der Waals surface area (Å²) in [4.78, 5) is 4.42. The van der Waals surface area contributed by atoms with Gasteiger partial charge in [-0.1, -0.05) is 364 Å². The summed E-state index contributed by atoms with van der Waals surface area (Å²) in [6.07, 6.45) is 0. The van der Waals surface area contributed by atoms with Crippen molar-refractivity contribution >= 4 is 133 Å². The fourth-order valence-electron chi connectivity index (χ4n) is 18.0. The molecule has 5 heteroatoms. The first-order valence-electron chi connectivity index (χ1n) is 48.0. The number of benzene rings is 19. The van der Waals surface area contributed by atoms with Gasteiger partial charge in [-0.15, -0.1) is 0 Å². The maximum absolute atomic E-state index is 10.3. The van der Waals surface area contributed by atoms with E-state index in [9.17, 15) is 21.9 Å². The maximum Gasteiger partial charge on any atom is 0.252 e. The van der Waals surface area contributed by atoms with Crippen LogP contribution in [0.2, 0.25) is 0 Å². The minimum atomic E-state index is -0.891. The Kier molecular flexibility index (Phi) is 10.7. The Labute approximate surface area is 685 Å². The molecule has 2 aliphatic heterocycles. The van der Waals surface area contributed by atoms with Crippen LogP contribution >= 0.6 is 0 Å². The molecule has 0 spiro atoms. The molecule has 2 aliphatic rings. The minimum Gasteiger partial charge on any atom is -0.310 e. The van der Waals surface area contributed by atoms with Crippen LogP contribution in [0.3, 0.4) is 0 Å². The summed E-state index contributed by atoms with van der Waals surface area (Å²) in [5.41, 5.74) is 15.2. The highest BCUT2D eigenvalue weighted by molar-refractivity contribution is 7.00. The topological polar surface area (TPSA) is 16.3 Å². The Morgan fingerprint density at radius 1 is 0.212 bits per heavy atom. The molecule has 4 heterocycles. The van der Waals surface area contributed by atoms with E-state index < -0.39 is 122 Å². The fourth-order valence-corrected chi connectivity index (χ4v) is 18.0. The molecule has 0 saturated heterocycles. The molecule has 21 aromatic rings. The van der Waals surface area contributed by atoms with E-state index in [1.807, 2.05) is 212 Å². The van der Waals surface area contributed by atoms with Gasteiger partial charge in [0.05, 0.1) is 67.9 Å². The van der Waals surface area contributed by atoms with Gasteiger partial charge in [-0.3, -0.25) is 0 Å². The number of nitrogens with zero attached hydrogens (tertiary/aromatic N) is 4. The van der Waals surface area contributed by atoms with Crippen LogP contribution in [0.15, 0.2) is 418 Å². The van der Waals surface area contributed by atoms with Gasteiger partial charge in [-0.25, -0.2) is 0 Å². The SMILES string of the molecule is [2H]c1c([2H])c([2H])c(-c2ccc(-c3c4ccccc4c(-c4ccc5c(c4)N(c4c(-c6ccccc6)cccc4-c4ccccc4)c4cc(-n6c7c([2H])c([2H])c([2H])c([2H])c7c7c([2H])c([2H])c([2H])c([2H])c76)cc6c4B5c4ccc(-n5c7c([2H])c([2H])c([2H])c([2H])c7c7c([2H])c([2H])c([2H])c([2H])c75)cc4N6c4c(-c5ccccc5)cccc4-c4ccccc4)c4ccccc34)c3ccccc23)c([2H])c1[2H]. The first-order valence-corrected chi connectivity index (χ1v) is 37.5. The predicted molar refractivity (Wildman–Crippen MR) is 480 cm³/mol. The molecule has 113 heavy (non-hydrogen) atoms. The van der Waals surface area contributed by atoms with Crippen LogP contribution < -0.4 is 26.2 Å². The van der Waals surface area contributed by atoms with Crippen molar-refractivity contribution < 1.29 is 28.8 Å². The Bertz CT molecular complexity index is 8440. The molecule has 0 bridgehead atoms. The van der Waals surface area contributed by atoms with Gasteiger partial charge in [-0.05, 0) is 159 Å². The molecule has 2 aromatic heterocycles. The van der Waals surface area contributed by atoms with Crippen LogP contribution in [0.1, 0.15) is 28.8 Å². The van der Waals surface area contributed by atoms with Gasteiger partial charge in [0.2, 0.25) is 0 Å². The van der Waals surface area contributed by atoms with Gasteiger partial charge in [0.15, 0.2) is 0 Å². The molecule has 0 unspecified atom stereocenters. The summed E-state index contributed by atoms with van der Waals surface area (Å²) in [5.74, 6) is 0. The van der Waals surface area contributed by atoms with E-state index in [-0.39, 0.29) is 72.6 Å². The number of anilines is 6.